The smallest absolute Gasteiger partial charge is 0.328 e. The normalized spacial score (nSPS) is 12.2. The first-order chi connectivity index (χ1) is 14.8. The van der Waals surface area contributed by atoms with Crippen LogP contribution in [0, 0.1) is 0 Å². The molecule has 12 heteroatoms. The molecule has 0 saturated carbocycles. The van der Waals surface area contributed by atoms with Gasteiger partial charge in [0.15, 0.2) is 11.5 Å². The number of aromatic amines is 1. The summed E-state index contributed by atoms with van der Waals surface area (Å²) in [5, 5.41) is 8.24. The predicted octanol–water partition coefficient (Wildman–Crippen LogP) is 1.24. The third-order valence-electron chi connectivity index (χ3n) is 4.24. The van der Waals surface area contributed by atoms with E-state index in [4.69, 9.17) is 10.8 Å². The molecule has 0 aliphatic rings. The number of rotatable bonds is 7. The monoisotopic (exact) mass is 444 g/mol. The number of amides is 1. The van der Waals surface area contributed by atoms with Crippen LogP contribution in [0.5, 0.6) is 0 Å². The Morgan fingerprint density at radius 3 is 2.55 bits per heavy atom. The van der Waals surface area contributed by atoms with Crippen LogP contribution >= 0.6 is 0 Å². The molecule has 1 atom stereocenters. The summed E-state index contributed by atoms with van der Waals surface area (Å²) in [6.07, 6.45) is -0.698. The molecule has 0 spiro atoms. The highest BCUT2D eigenvalue weighted by Crippen LogP contribution is 2.19. The lowest BCUT2D eigenvalue weighted by Crippen LogP contribution is -2.18. The molecule has 0 aliphatic carbocycles. The van der Waals surface area contributed by atoms with Crippen LogP contribution in [0.2, 0.25) is 0 Å². The van der Waals surface area contributed by atoms with E-state index >= 15 is 0 Å². The first-order valence-electron chi connectivity index (χ1n) is 9.33. The maximum Gasteiger partial charge on any atom is 0.328 e. The number of fused-ring (bicyclic) bond motifs is 1. The Labute approximate surface area is 178 Å². The highest BCUT2D eigenvalue weighted by atomic mass is 32.2. The standard InChI is InChI=1S/C19H20N6O5S/c1-2-14(29)31(24-12(26)8-9-13(27)28)18-22-16(20)15-17(23-18)25(19(30)21-15)10-11-6-4-3-5-7-11/h3-7H,2,8-10H2,1H3,(H,21,30)(H,27,28)(H2,20,22,23). The van der Waals surface area contributed by atoms with Crippen molar-refractivity contribution >= 4 is 44.7 Å². The van der Waals surface area contributed by atoms with Crippen molar-refractivity contribution in [3.63, 3.8) is 0 Å². The van der Waals surface area contributed by atoms with Crippen molar-refractivity contribution in [3.8, 4) is 0 Å². The van der Waals surface area contributed by atoms with Gasteiger partial charge in [-0.1, -0.05) is 37.3 Å². The zero-order chi connectivity index (χ0) is 22.5. The molecule has 2 aromatic heterocycles. The molecular formula is C19H20N6O5S. The maximum absolute atomic E-state index is 12.5. The Kier molecular flexibility index (Phi) is 6.70. The summed E-state index contributed by atoms with van der Waals surface area (Å²) in [6.45, 7) is 1.81. The van der Waals surface area contributed by atoms with Crippen LogP contribution in [-0.4, -0.2) is 41.6 Å². The minimum atomic E-state index is -1.68. The number of aliphatic carboxylic acids is 1. The van der Waals surface area contributed by atoms with Crippen molar-refractivity contribution in [1.29, 1.82) is 0 Å². The molecule has 1 aromatic carbocycles. The summed E-state index contributed by atoms with van der Waals surface area (Å²) in [5.41, 5.74) is 6.80. The van der Waals surface area contributed by atoms with E-state index in [9.17, 15) is 19.2 Å². The van der Waals surface area contributed by atoms with Gasteiger partial charge in [-0.15, -0.1) is 0 Å². The summed E-state index contributed by atoms with van der Waals surface area (Å²) in [4.78, 5) is 58.8. The number of hydrogen-bond donors (Lipinski definition) is 3. The highest BCUT2D eigenvalue weighted by molar-refractivity contribution is 8.02. The van der Waals surface area contributed by atoms with Crippen molar-refractivity contribution in [2.24, 2.45) is 4.36 Å². The van der Waals surface area contributed by atoms with Gasteiger partial charge in [-0.05, 0) is 5.56 Å². The molecule has 31 heavy (non-hydrogen) atoms. The zero-order valence-electron chi connectivity index (χ0n) is 16.6. The lowest BCUT2D eigenvalue weighted by atomic mass is 10.2. The predicted molar refractivity (Wildman–Crippen MR) is 113 cm³/mol. The van der Waals surface area contributed by atoms with E-state index in [0.717, 1.165) is 5.56 Å². The van der Waals surface area contributed by atoms with E-state index in [1.54, 1.807) is 6.92 Å². The van der Waals surface area contributed by atoms with Gasteiger partial charge in [-0.25, -0.2) is 14.8 Å². The van der Waals surface area contributed by atoms with E-state index in [1.165, 1.54) is 4.57 Å². The number of carbonyl (C=O) groups excluding carboxylic acids is 2. The van der Waals surface area contributed by atoms with Crippen molar-refractivity contribution in [3.05, 3.63) is 46.4 Å². The molecule has 3 rings (SSSR count). The molecule has 1 unspecified atom stereocenters. The van der Waals surface area contributed by atoms with E-state index in [1.807, 2.05) is 30.3 Å². The van der Waals surface area contributed by atoms with Crippen LogP contribution in [-0.2, 0) is 31.6 Å². The van der Waals surface area contributed by atoms with E-state index < -0.39 is 39.8 Å². The fraction of sp³-hybridized carbons (Fsp3) is 0.263. The van der Waals surface area contributed by atoms with Crippen molar-refractivity contribution in [2.45, 2.75) is 37.9 Å². The lowest BCUT2D eigenvalue weighted by Gasteiger charge is -2.08. The minimum absolute atomic E-state index is 0.0569. The van der Waals surface area contributed by atoms with Crippen LogP contribution in [0.15, 0.2) is 44.6 Å². The molecule has 0 radical (unpaired) electrons. The van der Waals surface area contributed by atoms with Gasteiger partial charge in [0.1, 0.15) is 5.52 Å². The number of hydrogen-bond acceptors (Lipinski definition) is 7. The van der Waals surface area contributed by atoms with E-state index in [0.29, 0.717) is 0 Å². The number of nitrogens with two attached hydrogens (primary N) is 1. The van der Waals surface area contributed by atoms with Gasteiger partial charge >= 0.3 is 11.7 Å². The van der Waals surface area contributed by atoms with Gasteiger partial charge in [0, 0.05) is 23.5 Å². The number of carboxylic acids is 1. The molecule has 2 heterocycles. The second kappa shape index (κ2) is 9.43. The number of carbonyl (C=O) groups is 3. The number of nitrogens with zero attached hydrogens (tertiary/aromatic N) is 4. The second-order valence-corrected chi connectivity index (χ2v) is 8.05. The Morgan fingerprint density at radius 1 is 1.19 bits per heavy atom. The Morgan fingerprint density at radius 2 is 1.90 bits per heavy atom. The van der Waals surface area contributed by atoms with Crippen LogP contribution in [0.4, 0.5) is 5.82 Å². The molecule has 0 bridgehead atoms. The van der Waals surface area contributed by atoms with Gasteiger partial charge < -0.3 is 15.8 Å². The van der Waals surface area contributed by atoms with E-state index in [2.05, 4.69) is 19.3 Å². The second-order valence-electron chi connectivity index (χ2n) is 6.48. The zero-order valence-corrected chi connectivity index (χ0v) is 17.4. The van der Waals surface area contributed by atoms with Gasteiger partial charge in [0.05, 0.1) is 13.0 Å². The quantitative estimate of drug-likeness (QED) is 0.456. The molecule has 11 nitrogen and oxygen atoms in total. The summed E-state index contributed by atoms with van der Waals surface area (Å²) in [5.74, 6) is -1.95. The number of nitrogens with one attached hydrogen (secondary N) is 1. The molecule has 1 amide bonds. The number of aromatic nitrogens is 4. The lowest BCUT2D eigenvalue weighted by molar-refractivity contribution is -0.138. The number of imidazole rings is 1. The van der Waals surface area contributed by atoms with Crippen molar-refractivity contribution < 1.29 is 19.5 Å². The fourth-order valence-corrected chi connectivity index (χ4v) is 4.03. The fourth-order valence-electron chi connectivity index (χ4n) is 2.72. The Hall–Kier alpha value is -3.67. The molecule has 162 valence electrons. The third-order valence-corrected chi connectivity index (χ3v) is 5.87. The van der Waals surface area contributed by atoms with Crippen LogP contribution in [0.3, 0.4) is 0 Å². The van der Waals surface area contributed by atoms with E-state index in [-0.39, 0.29) is 41.5 Å². The van der Waals surface area contributed by atoms with Gasteiger partial charge in [0.2, 0.25) is 10.3 Å². The van der Waals surface area contributed by atoms with Gasteiger partial charge in [-0.3, -0.25) is 19.0 Å². The third kappa shape index (κ3) is 5.09. The average molecular weight is 444 g/mol. The summed E-state index contributed by atoms with van der Waals surface area (Å²) in [7, 11) is -1.68. The number of carboxylic acid groups (broad SMARTS) is 1. The Bertz CT molecular complexity index is 1250. The molecule has 4 N–H and O–H groups in total. The molecular weight excluding hydrogens is 424 g/mol. The molecule has 3 aromatic rings. The topological polar surface area (TPSA) is 173 Å². The number of H-pyrrole nitrogens is 1. The van der Waals surface area contributed by atoms with Crippen LogP contribution in [0.25, 0.3) is 11.2 Å². The molecule has 0 aliphatic heterocycles. The van der Waals surface area contributed by atoms with Crippen molar-refractivity contribution in [1.82, 2.24) is 19.5 Å². The first-order valence-corrected chi connectivity index (χ1v) is 10.5. The maximum atomic E-state index is 12.5. The highest BCUT2D eigenvalue weighted by Gasteiger charge is 2.21. The molecule has 0 fully saturated rings. The summed E-state index contributed by atoms with van der Waals surface area (Å²) in [6, 6.07) is 9.22. The molecule has 0 saturated heterocycles. The number of benzene rings is 1. The summed E-state index contributed by atoms with van der Waals surface area (Å²) >= 11 is 0. The summed E-state index contributed by atoms with van der Waals surface area (Å²) < 4.78 is 5.21. The van der Waals surface area contributed by atoms with Gasteiger partial charge in [0.25, 0.3) is 5.91 Å². The minimum Gasteiger partial charge on any atom is -0.481 e. The first kappa shape index (κ1) is 22.0. The van der Waals surface area contributed by atoms with Crippen LogP contribution < -0.4 is 11.4 Å². The SMILES string of the molecule is CCC(=O)/S(=N\C(=O)CCC(=O)O)c1nc(N)c2[nH]c(=O)n(Cc3ccccc3)c2n1. The van der Waals surface area contributed by atoms with Crippen LogP contribution in [0.1, 0.15) is 31.7 Å². The number of anilines is 1. The van der Waals surface area contributed by atoms with Gasteiger partial charge in [-0.2, -0.15) is 4.36 Å². The average Bonchev–Trinajstić information content (AvgIpc) is 3.06. The van der Waals surface area contributed by atoms with Crippen molar-refractivity contribution in [2.75, 3.05) is 5.73 Å². The largest absolute Gasteiger partial charge is 0.481 e. The Balaban J connectivity index is 2.10. The number of nitrogen functional groups attached to an aromatic ring is 1.